The quantitative estimate of drug-likeness (QED) is 0.880. The first-order valence-electron chi connectivity index (χ1n) is 5.99. The minimum absolute atomic E-state index is 0.144. The van der Waals surface area contributed by atoms with Gasteiger partial charge in [-0.15, -0.1) is 0 Å². The summed E-state index contributed by atoms with van der Waals surface area (Å²) in [6.45, 7) is 0.386. The van der Waals surface area contributed by atoms with Crippen LogP contribution in [0.15, 0.2) is 24.3 Å². The summed E-state index contributed by atoms with van der Waals surface area (Å²) in [5.74, 6) is -1.96. The predicted molar refractivity (Wildman–Crippen MR) is 66.9 cm³/mol. The molecule has 2 rings (SSSR count). The number of carbonyl (C=O) groups is 2. The van der Waals surface area contributed by atoms with Crippen LogP contribution in [0.5, 0.6) is 0 Å². The lowest BCUT2D eigenvalue weighted by Crippen LogP contribution is -2.28. The topological polar surface area (TPSA) is 81.4 Å². The van der Waals surface area contributed by atoms with E-state index in [9.17, 15) is 9.59 Å². The van der Waals surface area contributed by atoms with Crippen LogP contribution in [-0.4, -0.2) is 28.9 Å². The normalized spacial score (nSPS) is 20.4. The maximum absolute atomic E-state index is 12.0. The Kier molecular flexibility index (Phi) is 3.52. The minimum atomic E-state index is -0.904. The van der Waals surface area contributed by atoms with Crippen molar-refractivity contribution in [2.75, 3.05) is 7.05 Å². The molecule has 1 aliphatic carbocycles. The zero-order valence-corrected chi connectivity index (χ0v) is 10.5. The third-order valence-corrected chi connectivity index (χ3v) is 3.28. The van der Waals surface area contributed by atoms with Crippen molar-refractivity contribution in [2.45, 2.75) is 13.0 Å². The summed E-state index contributed by atoms with van der Waals surface area (Å²) in [6.07, 6.45) is 0.427. The second-order valence-electron chi connectivity index (χ2n) is 4.79. The SMILES string of the molecule is CN(Cc1cccc(C#N)c1)C(=O)[C@@H]1C[C@@H]1C(=O)O. The van der Waals surface area contributed by atoms with Crippen LogP contribution in [0, 0.1) is 23.2 Å². The monoisotopic (exact) mass is 258 g/mol. The highest BCUT2D eigenvalue weighted by Gasteiger charge is 2.49. The number of carboxylic acid groups (broad SMARTS) is 1. The standard InChI is InChI=1S/C14H14N2O3/c1-16(13(17)11-6-12(11)14(18)19)8-10-4-2-3-9(5-10)7-15/h2-5,11-12H,6,8H2,1H3,(H,18,19)/t11-,12+/m1/s1. The first kappa shape index (κ1) is 13.1. The lowest BCUT2D eigenvalue weighted by molar-refractivity contribution is -0.141. The number of aliphatic carboxylic acids is 1. The van der Waals surface area contributed by atoms with Crippen LogP contribution >= 0.6 is 0 Å². The number of amides is 1. The van der Waals surface area contributed by atoms with E-state index >= 15 is 0 Å². The molecular weight excluding hydrogens is 244 g/mol. The van der Waals surface area contributed by atoms with Gasteiger partial charge in [0.1, 0.15) is 0 Å². The molecule has 98 valence electrons. The Morgan fingerprint density at radius 3 is 2.79 bits per heavy atom. The molecule has 1 saturated carbocycles. The fourth-order valence-electron chi connectivity index (χ4n) is 2.11. The largest absolute Gasteiger partial charge is 0.481 e. The van der Waals surface area contributed by atoms with Crippen molar-refractivity contribution < 1.29 is 14.7 Å². The number of nitrogens with zero attached hydrogens (tertiary/aromatic N) is 2. The van der Waals surface area contributed by atoms with E-state index in [0.29, 0.717) is 18.5 Å². The Labute approximate surface area is 111 Å². The lowest BCUT2D eigenvalue weighted by Gasteiger charge is -2.17. The molecule has 0 spiro atoms. The summed E-state index contributed by atoms with van der Waals surface area (Å²) in [5, 5.41) is 17.6. The zero-order valence-electron chi connectivity index (χ0n) is 10.5. The summed E-state index contributed by atoms with van der Waals surface area (Å²) >= 11 is 0. The van der Waals surface area contributed by atoms with Crippen molar-refractivity contribution in [3.05, 3.63) is 35.4 Å². The van der Waals surface area contributed by atoms with Crippen molar-refractivity contribution in [3.8, 4) is 6.07 Å². The highest BCUT2D eigenvalue weighted by Crippen LogP contribution is 2.40. The number of carboxylic acids is 1. The van der Waals surface area contributed by atoms with Gasteiger partial charge in [-0.05, 0) is 24.1 Å². The van der Waals surface area contributed by atoms with Crippen LogP contribution < -0.4 is 0 Å². The van der Waals surface area contributed by atoms with Gasteiger partial charge in [-0.2, -0.15) is 5.26 Å². The van der Waals surface area contributed by atoms with E-state index < -0.39 is 11.9 Å². The van der Waals surface area contributed by atoms with Crippen molar-refractivity contribution in [2.24, 2.45) is 11.8 Å². The molecule has 1 aromatic carbocycles. The molecule has 0 radical (unpaired) electrons. The molecule has 1 aliphatic rings. The molecular formula is C14H14N2O3. The van der Waals surface area contributed by atoms with E-state index in [1.807, 2.05) is 12.1 Å². The summed E-state index contributed by atoms with van der Waals surface area (Å²) in [4.78, 5) is 24.2. The Hall–Kier alpha value is -2.35. The third-order valence-electron chi connectivity index (χ3n) is 3.28. The lowest BCUT2D eigenvalue weighted by atomic mass is 10.1. The molecule has 0 saturated heterocycles. The van der Waals surface area contributed by atoms with Crippen molar-refractivity contribution in [3.63, 3.8) is 0 Å². The molecule has 1 amide bonds. The third kappa shape index (κ3) is 2.91. The fraction of sp³-hybridized carbons (Fsp3) is 0.357. The van der Waals surface area contributed by atoms with Crippen LogP contribution in [0.2, 0.25) is 0 Å². The van der Waals surface area contributed by atoms with Gasteiger partial charge in [0, 0.05) is 13.6 Å². The number of rotatable bonds is 4. The van der Waals surface area contributed by atoms with Gasteiger partial charge in [-0.3, -0.25) is 9.59 Å². The number of hydrogen-bond donors (Lipinski definition) is 1. The van der Waals surface area contributed by atoms with Gasteiger partial charge in [-0.1, -0.05) is 12.1 Å². The molecule has 1 aromatic rings. The molecule has 0 aromatic heterocycles. The predicted octanol–water partition coefficient (Wildman–Crippen LogP) is 1.24. The Balaban J connectivity index is 1.98. The van der Waals surface area contributed by atoms with Crippen LogP contribution in [0.3, 0.4) is 0 Å². The van der Waals surface area contributed by atoms with Gasteiger partial charge >= 0.3 is 5.97 Å². The highest BCUT2D eigenvalue weighted by atomic mass is 16.4. The van der Waals surface area contributed by atoms with Crippen LogP contribution in [0.25, 0.3) is 0 Å². The zero-order chi connectivity index (χ0) is 14.0. The molecule has 19 heavy (non-hydrogen) atoms. The smallest absolute Gasteiger partial charge is 0.307 e. The molecule has 5 nitrogen and oxygen atoms in total. The Morgan fingerprint density at radius 1 is 1.47 bits per heavy atom. The average molecular weight is 258 g/mol. The molecule has 0 unspecified atom stereocenters. The number of nitriles is 1. The molecule has 1 fully saturated rings. The van der Waals surface area contributed by atoms with Crippen LogP contribution in [0.4, 0.5) is 0 Å². The molecule has 0 aliphatic heterocycles. The number of hydrogen-bond acceptors (Lipinski definition) is 3. The van der Waals surface area contributed by atoms with Crippen molar-refractivity contribution in [1.29, 1.82) is 5.26 Å². The molecule has 2 atom stereocenters. The summed E-state index contributed by atoms with van der Waals surface area (Å²) < 4.78 is 0. The minimum Gasteiger partial charge on any atom is -0.481 e. The second-order valence-corrected chi connectivity index (χ2v) is 4.79. The molecule has 5 heteroatoms. The summed E-state index contributed by atoms with van der Waals surface area (Å²) in [5.41, 5.74) is 1.41. The first-order chi connectivity index (χ1) is 9.02. The van der Waals surface area contributed by atoms with Gasteiger partial charge in [0.15, 0.2) is 0 Å². The number of carbonyl (C=O) groups excluding carboxylic acids is 1. The Bertz CT molecular complexity index is 562. The molecule has 0 heterocycles. The second kappa shape index (κ2) is 5.11. The van der Waals surface area contributed by atoms with Crippen molar-refractivity contribution >= 4 is 11.9 Å². The van der Waals surface area contributed by atoms with Gasteiger partial charge in [0.05, 0.1) is 23.5 Å². The van der Waals surface area contributed by atoms with E-state index in [1.54, 1.807) is 25.2 Å². The average Bonchev–Trinajstić information content (AvgIpc) is 3.18. The summed E-state index contributed by atoms with van der Waals surface area (Å²) in [7, 11) is 1.65. The summed E-state index contributed by atoms with van der Waals surface area (Å²) in [6, 6.07) is 9.08. The van der Waals surface area contributed by atoms with E-state index in [0.717, 1.165) is 5.56 Å². The van der Waals surface area contributed by atoms with Gasteiger partial charge in [-0.25, -0.2) is 0 Å². The highest BCUT2D eigenvalue weighted by molar-refractivity contribution is 5.89. The van der Waals surface area contributed by atoms with E-state index in [-0.39, 0.29) is 11.8 Å². The van der Waals surface area contributed by atoms with Crippen LogP contribution in [0.1, 0.15) is 17.5 Å². The van der Waals surface area contributed by atoms with Gasteiger partial charge in [0.25, 0.3) is 0 Å². The maximum atomic E-state index is 12.0. The van der Waals surface area contributed by atoms with Gasteiger partial charge in [0.2, 0.25) is 5.91 Å². The van der Waals surface area contributed by atoms with E-state index in [2.05, 4.69) is 0 Å². The van der Waals surface area contributed by atoms with Crippen molar-refractivity contribution in [1.82, 2.24) is 4.90 Å². The fourth-order valence-corrected chi connectivity index (χ4v) is 2.11. The van der Waals surface area contributed by atoms with Crippen LogP contribution in [-0.2, 0) is 16.1 Å². The van der Waals surface area contributed by atoms with Gasteiger partial charge < -0.3 is 10.0 Å². The first-order valence-corrected chi connectivity index (χ1v) is 5.99. The van der Waals surface area contributed by atoms with E-state index in [1.165, 1.54) is 4.90 Å². The molecule has 0 bridgehead atoms. The number of benzene rings is 1. The van der Waals surface area contributed by atoms with E-state index in [4.69, 9.17) is 10.4 Å². The molecule has 1 N–H and O–H groups in total. The Morgan fingerprint density at radius 2 is 2.21 bits per heavy atom. The maximum Gasteiger partial charge on any atom is 0.307 e.